The third-order valence-corrected chi connectivity index (χ3v) is 3.36. The number of ether oxygens (including phenoxy) is 1. The Morgan fingerprint density at radius 2 is 1.76 bits per heavy atom. The van der Waals surface area contributed by atoms with Crippen LogP contribution in [0.2, 0.25) is 0 Å². The van der Waals surface area contributed by atoms with Crippen molar-refractivity contribution in [2.75, 3.05) is 0 Å². The first kappa shape index (κ1) is 15.5. The van der Waals surface area contributed by atoms with E-state index >= 15 is 0 Å². The van der Waals surface area contributed by atoms with E-state index < -0.39 is 0 Å². The van der Waals surface area contributed by atoms with E-state index in [0.29, 0.717) is 11.9 Å². The van der Waals surface area contributed by atoms with Gasteiger partial charge in [-0.3, -0.25) is 0 Å². The van der Waals surface area contributed by atoms with E-state index in [2.05, 4.69) is 44.1 Å². The summed E-state index contributed by atoms with van der Waals surface area (Å²) < 4.78 is 6.01. The number of hydrogen-bond acceptors (Lipinski definition) is 3. The quantitative estimate of drug-likeness (QED) is 0.889. The molecule has 2 rings (SSSR count). The number of aromatic nitrogens is 1. The lowest BCUT2D eigenvalue weighted by Gasteiger charge is -2.16. The third kappa shape index (κ3) is 4.30. The molecule has 0 aliphatic rings. The van der Waals surface area contributed by atoms with Crippen LogP contribution in [0.3, 0.4) is 0 Å². The minimum absolute atomic E-state index is 0.429. The van der Waals surface area contributed by atoms with E-state index in [1.54, 1.807) is 0 Å². The van der Waals surface area contributed by atoms with Crippen LogP contribution in [0.1, 0.15) is 36.2 Å². The van der Waals surface area contributed by atoms with Gasteiger partial charge in [0.15, 0.2) is 0 Å². The van der Waals surface area contributed by atoms with Gasteiger partial charge in [-0.2, -0.15) is 0 Å². The molecule has 0 unspecified atom stereocenters. The second-order valence-electron chi connectivity index (χ2n) is 5.81. The minimum atomic E-state index is 0.429. The van der Waals surface area contributed by atoms with E-state index in [-0.39, 0.29) is 0 Å². The average Bonchev–Trinajstić information content (AvgIpc) is 2.40. The molecule has 0 bridgehead atoms. The Morgan fingerprint density at radius 1 is 1.10 bits per heavy atom. The van der Waals surface area contributed by atoms with Gasteiger partial charge < -0.3 is 10.1 Å². The molecule has 1 aromatic heterocycles. The Bertz CT molecular complexity index is 603. The first-order chi connectivity index (χ1) is 9.95. The van der Waals surface area contributed by atoms with Gasteiger partial charge in [-0.05, 0) is 44.5 Å². The molecule has 0 amide bonds. The van der Waals surface area contributed by atoms with Crippen molar-refractivity contribution in [2.24, 2.45) is 0 Å². The highest BCUT2D eigenvalue weighted by Gasteiger charge is 2.11. The molecular formula is C18H24N2O. The molecule has 0 atom stereocenters. The third-order valence-electron chi connectivity index (χ3n) is 3.36. The molecule has 21 heavy (non-hydrogen) atoms. The molecule has 0 saturated heterocycles. The van der Waals surface area contributed by atoms with Crippen molar-refractivity contribution >= 4 is 0 Å². The zero-order valence-corrected chi connectivity index (χ0v) is 13.5. The van der Waals surface area contributed by atoms with Gasteiger partial charge in [0.05, 0.1) is 0 Å². The van der Waals surface area contributed by atoms with Gasteiger partial charge in [-0.15, -0.1) is 0 Å². The zero-order chi connectivity index (χ0) is 15.4. The Balaban J connectivity index is 2.29. The summed E-state index contributed by atoms with van der Waals surface area (Å²) in [5, 5.41) is 3.44. The van der Waals surface area contributed by atoms with Crippen molar-refractivity contribution in [3.8, 4) is 11.6 Å². The molecule has 3 nitrogen and oxygen atoms in total. The first-order valence-electron chi connectivity index (χ1n) is 7.40. The second-order valence-corrected chi connectivity index (χ2v) is 5.81. The molecule has 3 heteroatoms. The van der Waals surface area contributed by atoms with Crippen LogP contribution < -0.4 is 10.1 Å². The maximum atomic E-state index is 6.01. The topological polar surface area (TPSA) is 34.1 Å². The number of aryl methyl sites for hydroxylation is 3. The number of rotatable bonds is 5. The van der Waals surface area contributed by atoms with E-state index in [1.807, 2.05) is 31.2 Å². The predicted octanol–water partition coefficient (Wildman–Crippen LogP) is 4.30. The number of hydrogen-bond donors (Lipinski definition) is 1. The van der Waals surface area contributed by atoms with Crippen molar-refractivity contribution in [1.82, 2.24) is 10.3 Å². The lowest BCUT2D eigenvalue weighted by Crippen LogP contribution is -2.23. The highest BCUT2D eigenvalue weighted by molar-refractivity contribution is 5.39. The van der Waals surface area contributed by atoms with Crippen LogP contribution in [0, 0.1) is 20.8 Å². The van der Waals surface area contributed by atoms with Crippen LogP contribution in [-0.4, -0.2) is 11.0 Å². The monoisotopic (exact) mass is 284 g/mol. The van der Waals surface area contributed by atoms with Gasteiger partial charge in [0, 0.05) is 23.8 Å². The van der Waals surface area contributed by atoms with Gasteiger partial charge in [0.25, 0.3) is 0 Å². The van der Waals surface area contributed by atoms with Crippen LogP contribution >= 0.6 is 0 Å². The molecule has 0 radical (unpaired) electrons. The molecule has 0 fully saturated rings. The first-order valence-corrected chi connectivity index (χ1v) is 7.40. The van der Waals surface area contributed by atoms with Crippen molar-refractivity contribution in [1.29, 1.82) is 0 Å². The minimum Gasteiger partial charge on any atom is -0.439 e. The Hall–Kier alpha value is -1.87. The fraction of sp³-hybridized carbons (Fsp3) is 0.389. The summed E-state index contributed by atoms with van der Waals surface area (Å²) in [6.45, 7) is 11.2. The maximum absolute atomic E-state index is 6.01. The summed E-state index contributed by atoms with van der Waals surface area (Å²) in [5.41, 5.74) is 4.52. The number of nitrogens with zero attached hydrogens (tertiary/aromatic N) is 1. The van der Waals surface area contributed by atoms with Crippen LogP contribution in [0.15, 0.2) is 30.3 Å². The molecule has 1 heterocycles. The van der Waals surface area contributed by atoms with Crippen LogP contribution in [-0.2, 0) is 6.54 Å². The number of pyridine rings is 1. The van der Waals surface area contributed by atoms with Crippen LogP contribution in [0.25, 0.3) is 0 Å². The molecule has 0 saturated carbocycles. The molecule has 0 aliphatic heterocycles. The maximum Gasteiger partial charge on any atom is 0.224 e. The van der Waals surface area contributed by atoms with Gasteiger partial charge in [-0.25, -0.2) is 4.98 Å². The van der Waals surface area contributed by atoms with Gasteiger partial charge >= 0.3 is 0 Å². The molecule has 2 aromatic rings. The number of benzene rings is 1. The molecule has 1 N–H and O–H groups in total. The molecular weight excluding hydrogens is 260 g/mol. The molecule has 112 valence electrons. The smallest absolute Gasteiger partial charge is 0.224 e. The normalized spacial score (nSPS) is 11.0. The Morgan fingerprint density at radius 3 is 2.38 bits per heavy atom. The largest absolute Gasteiger partial charge is 0.439 e. The van der Waals surface area contributed by atoms with Gasteiger partial charge in [0.2, 0.25) is 5.88 Å². The van der Waals surface area contributed by atoms with Crippen LogP contribution in [0.5, 0.6) is 11.6 Å². The summed E-state index contributed by atoms with van der Waals surface area (Å²) in [6.07, 6.45) is 0. The van der Waals surface area contributed by atoms with Gasteiger partial charge in [0.1, 0.15) is 5.75 Å². The summed E-state index contributed by atoms with van der Waals surface area (Å²) >= 11 is 0. The van der Waals surface area contributed by atoms with E-state index in [9.17, 15) is 0 Å². The molecule has 0 spiro atoms. The lowest BCUT2D eigenvalue weighted by atomic mass is 10.1. The fourth-order valence-electron chi connectivity index (χ4n) is 2.15. The van der Waals surface area contributed by atoms with Crippen molar-refractivity contribution in [3.63, 3.8) is 0 Å². The zero-order valence-electron chi connectivity index (χ0n) is 13.5. The van der Waals surface area contributed by atoms with Crippen LogP contribution in [0.4, 0.5) is 0 Å². The predicted molar refractivity (Wildman–Crippen MR) is 86.9 cm³/mol. The standard InChI is InChI=1S/C18H24N2O/c1-12(2)19-11-17-14(4)10-15(5)20-18(17)21-16-8-6-13(3)7-9-16/h6-10,12,19H,11H2,1-5H3. The Kier molecular flexibility index (Phi) is 4.97. The van der Waals surface area contributed by atoms with E-state index in [1.165, 1.54) is 11.1 Å². The summed E-state index contributed by atoms with van der Waals surface area (Å²) in [5.74, 6) is 1.52. The van der Waals surface area contributed by atoms with E-state index in [4.69, 9.17) is 4.74 Å². The lowest BCUT2D eigenvalue weighted by molar-refractivity contribution is 0.448. The average molecular weight is 284 g/mol. The van der Waals surface area contributed by atoms with Crippen molar-refractivity contribution in [3.05, 3.63) is 52.7 Å². The second kappa shape index (κ2) is 6.72. The molecule has 0 aliphatic carbocycles. The highest BCUT2D eigenvalue weighted by atomic mass is 16.5. The van der Waals surface area contributed by atoms with E-state index in [0.717, 1.165) is 23.6 Å². The molecule has 1 aromatic carbocycles. The van der Waals surface area contributed by atoms with Crippen molar-refractivity contribution < 1.29 is 4.74 Å². The van der Waals surface area contributed by atoms with Crippen molar-refractivity contribution in [2.45, 2.75) is 47.2 Å². The highest BCUT2D eigenvalue weighted by Crippen LogP contribution is 2.26. The summed E-state index contributed by atoms with van der Waals surface area (Å²) in [7, 11) is 0. The Labute approximate surface area is 127 Å². The summed E-state index contributed by atoms with van der Waals surface area (Å²) in [4.78, 5) is 4.57. The van der Waals surface area contributed by atoms with Gasteiger partial charge in [-0.1, -0.05) is 31.5 Å². The fourth-order valence-corrected chi connectivity index (χ4v) is 2.15. The SMILES string of the molecule is Cc1ccc(Oc2nc(C)cc(C)c2CNC(C)C)cc1. The summed E-state index contributed by atoms with van der Waals surface area (Å²) in [6, 6.07) is 10.6. The number of nitrogens with one attached hydrogen (secondary N) is 1.